The first-order chi connectivity index (χ1) is 3.41. The summed E-state index contributed by atoms with van der Waals surface area (Å²) in [6.45, 7) is 1.21. The minimum Gasteiger partial charge on any atom is -2.00 e. The maximum absolute atomic E-state index is 5.27. The van der Waals surface area contributed by atoms with E-state index in [1.807, 2.05) is 0 Å². The molecule has 0 aliphatic carbocycles. The van der Waals surface area contributed by atoms with E-state index in [4.69, 9.17) is 27.9 Å². The Balaban J connectivity index is -0.0000000600. The van der Waals surface area contributed by atoms with Gasteiger partial charge in [0.15, 0.2) is 0 Å². The molecule has 0 heterocycles. The van der Waals surface area contributed by atoms with Crippen LogP contribution in [-0.2, 0) is 18.2 Å². The molecule has 52 valence electrons. The molecular formula is C4H8Cl2Na2OS. The van der Waals surface area contributed by atoms with Crippen LogP contribution >= 0.6 is 23.2 Å². The van der Waals surface area contributed by atoms with Gasteiger partial charge >= 0.3 is 59.1 Å². The normalized spacial score (nSPS) is 6.60. The summed E-state index contributed by atoms with van der Waals surface area (Å²) >= 11 is 10.5. The van der Waals surface area contributed by atoms with Crippen molar-refractivity contribution in [2.24, 2.45) is 0 Å². The van der Waals surface area contributed by atoms with Crippen molar-refractivity contribution in [3.05, 3.63) is 0 Å². The van der Waals surface area contributed by atoms with E-state index < -0.39 is 0 Å². The summed E-state index contributed by atoms with van der Waals surface area (Å²) in [6.07, 6.45) is 0. The zero-order valence-corrected chi connectivity index (χ0v) is 12.7. The third-order valence-electron chi connectivity index (χ3n) is 0.443. The molecule has 0 amide bonds. The van der Waals surface area contributed by atoms with Crippen molar-refractivity contribution < 1.29 is 63.9 Å². The summed E-state index contributed by atoms with van der Waals surface area (Å²) in [5.41, 5.74) is 0. The Hall–Kier alpha value is 2.89. The van der Waals surface area contributed by atoms with Crippen molar-refractivity contribution in [3.8, 4) is 0 Å². The van der Waals surface area contributed by atoms with Crippen molar-refractivity contribution in [1.82, 2.24) is 0 Å². The molecule has 0 rings (SSSR count). The quantitative estimate of drug-likeness (QED) is 0.264. The van der Waals surface area contributed by atoms with Crippen molar-refractivity contribution in [2.45, 2.75) is 0 Å². The van der Waals surface area contributed by atoms with Crippen molar-refractivity contribution >= 4 is 36.7 Å². The van der Waals surface area contributed by atoms with E-state index in [1.165, 1.54) is 0 Å². The molecular weight excluding hydrogens is 213 g/mol. The first kappa shape index (κ1) is 23.1. The minimum absolute atomic E-state index is 0. The van der Waals surface area contributed by atoms with Crippen molar-refractivity contribution in [1.29, 1.82) is 0 Å². The summed E-state index contributed by atoms with van der Waals surface area (Å²) in [5, 5.41) is 0. The van der Waals surface area contributed by atoms with E-state index in [2.05, 4.69) is 0 Å². The Kier molecular flexibility index (Phi) is 52.2. The average Bonchev–Trinajstić information content (AvgIpc) is 1.69. The minimum atomic E-state index is 0. The molecule has 0 aromatic heterocycles. The van der Waals surface area contributed by atoms with Crippen LogP contribution < -0.4 is 59.1 Å². The first-order valence-corrected chi connectivity index (χ1v) is 3.18. The third-order valence-corrected chi connectivity index (χ3v) is 0.752. The molecule has 0 bridgehead atoms. The van der Waals surface area contributed by atoms with Gasteiger partial charge in [-0.15, -0.1) is 23.2 Å². The summed E-state index contributed by atoms with van der Waals surface area (Å²) in [4.78, 5) is 0. The van der Waals surface area contributed by atoms with Crippen LogP contribution in [-0.4, -0.2) is 25.0 Å². The van der Waals surface area contributed by atoms with Gasteiger partial charge in [0.2, 0.25) is 0 Å². The molecule has 0 fully saturated rings. The molecule has 0 aromatic rings. The smallest absolute Gasteiger partial charge is 1.00 e. The Morgan fingerprint density at radius 2 is 1.20 bits per heavy atom. The summed E-state index contributed by atoms with van der Waals surface area (Å²) in [5.74, 6) is 1.10. The van der Waals surface area contributed by atoms with Crippen LogP contribution in [0.4, 0.5) is 0 Å². The predicted molar refractivity (Wildman–Crippen MR) is 39.6 cm³/mol. The van der Waals surface area contributed by atoms with Crippen molar-refractivity contribution in [2.75, 3.05) is 25.0 Å². The number of hydrogen-bond acceptors (Lipinski definition) is 1. The van der Waals surface area contributed by atoms with E-state index in [-0.39, 0.29) is 72.6 Å². The Morgan fingerprint density at radius 3 is 1.40 bits per heavy atom. The summed E-state index contributed by atoms with van der Waals surface area (Å²) in [6, 6.07) is 0. The molecule has 0 atom stereocenters. The fraction of sp³-hybridized carbons (Fsp3) is 1.00. The summed E-state index contributed by atoms with van der Waals surface area (Å²) < 4.78 is 4.87. The van der Waals surface area contributed by atoms with Gasteiger partial charge < -0.3 is 18.2 Å². The SMILES string of the molecule is ClCCOCCCl.[Na+].[Na+].[S-2]. The molecule has 0 spiro atoms. The molecule has 0 aliphatic rings. The Morgan fingerprint density at radius 1 is 0.900 bits per heavy atom. The number of ether oxygens (including phenoxy) is 1. The molecule has 0 radical (unpaired) electrons. The van der Waals surface area contributed by atoms with Crippen LogP contribution in [0, 0.1) is 0 Å². The second-order valence-electron chi connectivity index (χ2n) is 0.990. The van der Waals surface area contributed by atoms with Crippen LogP contribution in [0.1, 0.15) is 0 Å². The van der Waals surface area contributed by atoms with E-state index in [0.29, 0.717) is 25.0 Å². The summed E-state index contributed by atoms with van der Waals surface area (Å²) in [7, 11) is 0. The van der Waals surface area contributed by atoms with E-state index in [0.717, 1.165) is 0 Å². The molecule has 0 aliphatic heterocycles. The second-order valence-corrected chi connectivity index (χ2v) is 1.75. The molecule has 6 heteroatoms. The number of halogens is 2. The van der Waals surface area contributed by atoms with Gasteiger partial charge in [0, 0.05) is 11.8 Å². The van der Waals surface area contributed by atoms with Crippen LogP contribution in [0.3, 0.4) is 0 Å². The Labute approximate surface area is 124 Å². The topological polar surface area (TPSA) is 9.23 Å². The number of rotatable bonds is 4. The largest absolute Gasteiger partial charge is 2.00 e. The maximum Gasteiger partial charge on any atom is 1.00 e. The Bertz CT molecular complexity index is 40.4. The van der Waals surface area contributed by atoms with Gasteiger partial charge in [0.05, 0.1) is 13.2 Å². The molecule has 0 unspecified atom stereocenters. The van der Waals surface area contributed by atoms with E-state index >= 15 is 0 Å². The van der Waals surface area contributed by atoms with Gasteiger partial charge in [0.25, 0.3) is 0 Å². The average molecular weight is 221 g/mol. The van der Waals surface area contributed by atoms with Crippen molar-refractivity contribution in [3.63, 3.8) is 0 Å². The monoisotopic (exact) mass is 220 g/mol. The van der Waals surface area contributed by atoms with Gasteiger partial charge in [-0.3, -0.25) is 0 Å². The van der Waals surface area contributed by atoms with Gasteiger partial charge in [-0.1, -0.05) is 0 Å². The van der Waals surface area contributed by atoms with Crippen LogP contribution in [0.15, 0.2) is 0 Å². The van der Waals surface area contributed by atoms with Gasteiger partial charge in [-0.05, 0) is 0 Å². The maximum atomic E-state index is 5.27. The molecule has 0 aromatic carbocycles. The molecule has 0 N–H and O–H groups in total. The molecule has 10 heavy (non-hydrogen) atoms. The van der Waals surface area contributed by atoms with Gasteiger partial charge in [-0.25, -0.2) is 0 Å². The van der Waals surface area contributed by atoms with E-state index in [1.54, 1.807) is 0 Å². The molecule has 0 saturated heterocycles. The van der Waals surface area contributed by atoms with Crippen LogP contribution in [0.25, 0.3) is 0 Å². The molecule has 0 saturated carbocycles. The standard InChI is InChI=1S/C4H8Cl2O.2Na.S/c5-1-3-7-4-2-6;;;/h1-4H2;;;/q;2*+1;-2. The van der Waals surface area contributed by atoms with Gasteiger partial charge in [0.1, 0.15) is 0 Å². The van der Waals surface area contributed by atoms with E-state index in [9.17, 15) is 0 Å². The first-order valence-electron chi connectivity index (χ1n) is 2.11. The van der Waals surface area contributed by atoms with Gasteiger partial charge in [-0.2, -0.15) is 0 Å². The number of alkyl halides is 2. The number of hydrogen-bond donors (Lipinski definition) is 0. The second kappa shape index (κ2) is 22.7. The fourth-order valence-electron chi connectivity index (χ4n) is 0.211. The third kappa shape index (κ3) is 22.4. The zero-order valence-electron chi connectivity index (χ0n) is 6.40. The zero-order chi connectivity index (χ0) is 5.54. The molecule has 1 nitrogen and oxygen atoms in total. The fourth-order valence-corrected chi connectivity index (χ4v) is 0.429. The van der Waals surface area contributed by atoms with Crippen LogP contribution in [0.5, 0.6) is 0 Å². The predicted octanol–water partition coefficient (Wildman–Crippen LogP) is -4.51. The van der Waals surface area contributed by atoms with Crippen LogP contribution in [0.2, 0.25) is 0 Å².